The first-order valence-electron chi connectivity index (χ1n) is 5.55. The minimum Gasteiger partial charge on any atom is -0.496 e. The van der Waals surface area contributed by atoms with Crippen LogP contribution >= 0.6 is 11.6 Å². The summed E-state index contributed by atoms with van der Waals surface area (Å²) >= 11 is 5.96. The molecule has 0 spiro atoms. The predicted octanol–water partition coefficient (Wildman–Crippen LogP) is 2.16. The van der Waals surface area contributed by atoms with E-state index in [1.54, 1.807) is 25.3 Å². The summed E-state index contributed by atoms with van der Waals surface area (Å²) < 4.78 is 10.8. The van der Waals surface area contributed by atoms with Crippen LogP contribution in [0.1, 0.15) is 5.89 Å². The van der Waals surface area contributed by atoms with E-state index in [-0.39, 0.29) is 0 Å². The largest absolute Gasteiger partial charge is 0.496 e. The van der Waals surface area contributed by atoms with Crippen LogP contribution in [0.5, 0.6) is 5.75 Å². The lowest BCUT2D eigenvalue weighted by atomic mass is 10.2. The number of ether oxygens (including phenoxy) is 1. The van der Waals surface area contributed by atoms with Crippen LogP contribution in [0.2, 0.25) is 5.02 Å². The van der Waals surface area contributed by atoms with Crippen LogP contribution in [0, 0.1) is 0 Å². The Kier molecular flexibility index (Phi) is 4.17. The summed E-state index contributed by atoms with van der Waals surface area (Å²) in [4.78, 5) is 0. The van der Waals surface area contributed by atoms with Gasteiger partial charge in [0.15, 0.2) is 0 Å². The third kappa shape index (κ3) is 2.80. The first kappa shape index (κ1) is 12.9. The molecule has 0 aliphatic carbocycles. The average Bonchev–Trinajstić information content (AvgIpc) is 2.85. The van der Waals surface area contributed by atoms with Crippen molar-refractivity contribution in [1.82, 2.24) is 15.5 Å². The van der Waals surface area contributed by atoms with Crippen molar-refractivity contribution in [1.29, 1.82) is 0 Å². The van der Waals surface area contributed by atoms with E-state index >= 15 is 0 Å². The monoisotopic (exact) mass is 267 g/mol. The Morgan fingerprint density at radius 1 is 1.39 bits per heavy atom. The molecule has 1 aromatic carbocycles. The minimum atomic E-state index is 0.417. The average molecular weight is 268 g/mol. The first-order chi connectivity index (χ1) is 8.74. The molecule has 6 heteroatoms. The van der Waals surface area contributed by atoms with E-state index in [2.05, 4.69) is 15.5 Å². The maximum Gasteiger partial charge on any atom is 0.251 e. The van der Waals surface area contributed by atoms with Crippen molar-refractivity contribution in [3.8, 4) is 17.2 Å². The molecule has 1 N–H and O–H groups in total. The van der Waals surface area contributed by atoms with E-state index in [0.29, 0.717) is 34.5 Å². The Hall–Kier alpha value is -1.59. The first-order valence-corrected chi connectivity index (χ1v) is 5.93. The summed E-state index contributed by atoms with van der Waals surface area (Å²) in [6.07, 6.45) is 0.687. The molecule has 18 heavy (non-hydrogen) atoms. The molecular weight excluding hydrogens is 254 g/mol. The van der Waals surface area contributed by atoms with Crippen LogP contribution in [-0.2, 0) is 6.42 Å². The zero-order chi connectivity index (χ0) is 13.0. The summed E-state index contributed by atoms with van der Waals surface area (Å²) in [6, 6.07) is 5.27. The van der Waals surface area contributed by atoms with Crippen molar-refractivity contribution >= 4 is 11.6 Å². The van der Waals surface area contributed by atoms with E-state index < -0.39 is 0 Å². The summed E-state index contributed by atoms with van der Waals surface area (Å²) in [5.74, 6) is 1.66. The second kappa shape index (κ2) is 5.84. The molecule has 0 radical (unpaired) electrons. The second-order valence-corrected chi connectivity index (χ2v) is 4.14. The molecule has 0 unspecified atom stereocenters. The van der Waals surface area contributed by atoms with Gasteiger partial charge < -0.3 is 14.5 Å². The highest BCUT2D eigenvalue weighted by atomic mass is 35.5. The number of methoxy groups -OCH3 is 1. The zero-order valence-electron chi connectivity index (χ0n) is 10.2. The quantitative estimate of drug-likeness (QED) is 0.900. The molecular formula is C12H14ClN3O2. The number of hydrogen-bond acceptors (Lipinski definition) is 5. The highest BCUT2D eigenvalue weighted by Gasteiger charge is 2.13. The van der Waals surface area contributed by atoms with E-state index in [0.717, 1.165) is 6.54 Å². The number of aromatic nitrogens is 2. The lowest BCUT2D eigenvalue weighted by molar-refractivity contribution is 0.413. The Morgan fingerprint density at radius 3 is 2.94 bits per heavy atom. The number of hydrogen-bond donors (Lipinski definition) is 1. The van der Waals surface area contributed by atoms with Gasteiger partial charge in [-0.2, -0.15) is 0 Å². The normalized spacial score (nSPS) is 10.6. The maximum absolute atomic E-state index is 5.96. The van der Waals surface area contributed by atoms with Gasteiger partial charge in [0.1, 0.15) is 5.75 Å². The minimum absolute atomic E-state index is 0.417. The van der Waals surface area contributed by atoms with Crippen molar-refractivity contribution in [2.45, 2.75) is 6.42 Å². The fourth-order valence-electron chi connectivity index (χ4n) is 1.54. The topological polar surface area (TPSA) is 60.2 Å². The molecule has 96 valence electrons. The van der Waals surface area contributed by atoms with Crippen molar-refractivity contribution < 1.29 is 9.15 Å². The van der Waals surface area contributed by atoms with Gasteiger partial charge in [0.25, 0.3) is 5.89 Å². The fraction of sp³-hybridized carbons (Fsp3) is 0.333. The molecule has 2 rings (SSSR count). The van der Waals surface area contributed by atoms with Gasteiger partial charge in [-0.1, -0.05) is 11.6 Å². The molecule has 2 aromatic rings. The van der Waals surface area contributed by atoms with E-state index in [1.165, 1.54) is 0 Å². The molecule has 0 bridgehead atoms. The molecule has 0 fully saturated rings. The van der Waals surface area contributed by atoms with Gasteiger partial charge in [0.05, 0.1) is 12.7 Å². The van der Waals surface area contributed by atoms with Gasteiger partial charge in [-0.3, -0.25) is 0 Å². The Labute approximate surface area is 110 Å². The zero-order valence-corrected chi connectivity index (χ0v) is 11.0. The Bertz CT molecular complexity index is 528. The lowest BCUT2D eigenvalue weighted by Gasteiger charge is -2.04. The molecule has 0 atom stereocenters. The number of nitrogens with zero attached hydrogens (tertiary/aromatic N) is 2. The van der Waals surface area contributed by atoms with E-state index in [4.69, 9.17) is 20.8 Å². The van der Waals surface area contributed by atoms with Crippen LogP contribution in [0.25, 0.3) is 11.5 Å². The molecule has 1 heterocycles. The van der Waals surface area contributed by atoms with Crippen molar-refractivity contribution in [2.24, 2.45) is 0 Å². The van der Waals surface area contributed by atoms with Gasteiger partial charge in [-0.15, -0.1) is 10.2 Å². The summed E-state index contributed by atoms with van der Waals surface area (Å²) in [6.45, 7) is 0.786. The summed E-state index contributed by atoms with van der Waals surface area (Å²) in [5.41, 5.74) is 0.702. The van der Waals surface area contributed by atoms with Crippen LogP contribution < -0.4 is 10.1 Å². The van der Waals surface area contributed by atoms with Crippen LogP contribution in [-0.4, -0.2) is 30.9 Å². The number of nitrogens with one attached hydrogen (secondary N) is 1. The van der Waals surface area contributed by atoms with E-state index in [9.17, 15) is 0 Å². The Morgan fingerprint density at radius 2 is 2.22 bits per heavy atom. The molecule has 0 aliphatic heterocycles. The standard InChI is InChI=1S/C12H14ClN3O2/c1-14-6-5-11-15-16-12(18-11)9-7-8(13)3-4-10(9)17-2/h3-4,7,14H,5-6H2,1-2H3. The summed E-state index contributed by atoms with van der Waals surface area (Å²) in [5, 5.41) is 11.6. The SMILES string of the molecule is CNCCc1nnc(-c2cc(Cl)ccc2OC)o1. The van der Waals surface area contributed by atoms with Gasteiger partial charge in [-0.05, 0) is 25.2 Å². The van der Waals surface area contributed by atoms with E-state index in [1.807, 2.05) is 7.05 Å². The molecule has 0 aliphatic rings. The van der Waals surface area contributed by atoms with Gasteiger partial charge in [-0.25, -0.2) is 0 Å². The molecule has 0 amide bonds. The summed E-state index contributed by atoms with van der Waals surface area (Å²) in [7, 11) is 3.46. The number of rotatable bonds is 5. The van der Waals surface area contributed by atoms with Crippen LogP contribution in [0.3, 0.4) is 0 Å². The lowest BCUT2D eigenvalue weighted by Crippen LogP contribution is -2.10. The van der Waals surface area contributed by atoms with Crippen LogP contribution in [0.15, 0.2) is 22.6 Å². The smallest absolute Gasteiger partial charge is 0.251 e. The van der Waals surface area contributed by atoms with Gasteiger partial charge in [0, 0.05) is 18.0 Å². The third-order valence-corrected chi connectivity index (χ3v) is 2.68. The highest BCUT2D eigenvalue weighted by Crippen LogP contribution is 2.31. The number of halogens is 1. The second-order valence-electron chi connectivity index (χ2n) is 3.70. The molecule has 0 saturated carbocycles. The Balaban J connectivity index is 2.30. The molecule has 0 saturated heterocycles. The molecule has 1 aromatic heterocycles. The number of likely N-dealkylation sites (N-methyl/N-ethyl adjacent to an activating group) is 1. The highest BCUT2D eigenvalue weighted by molar-refractivity contribution is 6.30. The van der Waals surface area contributed by atoms with Crippen molar-refractivity contribution in [3.05, 3.63) is 29.1 Å². The fourth-order valence-corrected chi connectivity index (χ4v) is 1.71. The van der Waals surface area contributed by atoms with Gasteiger partial charge >= 0.3 is 0 Å². The predicted molar refractivity (Wildman–Crippen MR) is 68.9 cm³/mol. The maximum atomic E-state index is 5.96. The van der Waals surface area contributed by atoms with Crippen LogP contribution in [0.4, 0.5) is 0 Å². The van der Waals surface area contributed by atoms with Crippen molar-refractivity contribution in [3.63, 3.8) is 0 Å². The number of benzene rings is 1. The molecule has 5 nitrogen and oxygen atoms in total. The van der Waals surface area contributed by atoms with Crippen molar-refractivity contribution in [2.75, 3.05) is 20.7 Å². The van der Waals surface area contributed by atoms with Gasteiger partial charge in [0.2, 0.25) is 5.89 Å². The third-order valence-electron chi connectivity index (χ3n) is 2.45.